The molecular formula is C11H8BrN3S. The van der Waals surface area contributed by atoms with E-state index in [0.29, 0.717) is 11.3 Å². The zero-order valence-electron chi connectivity index (χ0n) is 8.20. The normalized spacial score (nSPS) is 9.75. The molecule has 0 radical (unpaired) electrons. The number of nitrogen functional groups attached to an aromatic ring is 1. The number of benzene rings is 1. The molecular weight excluding hydrogens is 286 g/mol. The Morgan fingerprint density at radius 3 is 2.75 bits per heavy atom. The van der Waals surface area contributed by atoms with Crippen molar-refractivity contribution in [2.75, 3.05) is 11.1 Å². The van der Waals surface area contributed by atoms with Gasteiger partial charge in [0.2, 0.25) is 0 Å². The van der Waals surface area contributed by atoms with Crippen LogP contribution in [-0.2, 0) is 0 Å². The topological polar surface area (TPSA) is 61.8 Å². The fourth-order valence-corrected chi connectivity index (χ4v) is 2.59. The molecule has 0 atom stereocenters. The minimum absolute atomic E-state index is 0.565. The van der Waals surface area contributed by atoms with Gasteiger partial charge in [-0.05, 0) is 40.2 Å². The van der Waals surface area contributed by atoms with Crippen molar-refractivity contribution >= 4 is 43.6 Å². The summed E-state index contributed by atoms with van der Waals surface area (Å²) in [7, 11) is 0. The van der Waals surface area contributed by atoms with Gasteiger partial charge >= 0.3 is 0 Å². The number of nitrogens with two attached hydrogens (primary N) is 1. The molecule has 16 heavy (non-hydrogen) atoms. The van der Waals surface area contributed by atoms with Crippen LogP contribution in [0.1, 0.15) is 5.56 Å². The maximum absolute atomic E-state index is 8.72. The third-order valence-electron chi connectivity index (χ3n) is 2.01. The number of nitrogens with zero attached hydrogens (tertiary/aromatic N) is 1. The first kappa shape index (κ1) is 11.0. The smallest absolute Gasteiger partial charge is 0.0992 e. The van der Waals surface area contributed by atoms with Crippen molar-refractivity contribution in [3.63, 3.8) is 0 Å². The average Bonchev–Trinajstić information content (AvgIpc) is 2.67. The Hall–Kier alpha value is -1.51. The molecule has 2 rings (SSSR count). The van der Waals surface area contributed by atoms with Crippen LogP contribution in [0, 0.1) is 11.3 Å². The van der Waals surface area contributed by atoms with Gasteiger partial charge in [0, 0.05) is 9.85 Å². The Balaban J connectivity index is 2.26. The zero-order valence-corrected chi connectivity index (χ0v) is 10.6. The quantitative estimate of drug-likeness (QED) is 0.830. The summed E-state index contributed by atoms with van der Waals surface area (Å²) >= 11 is 4.97. The number of hydrogen-bond donors (Lipinski definition) is 2. The highest BCUT2D eigenvalue weighted by Crippen LogP contribution is 2.30. The van der Waals surface area contributed by atoms with Crippen LogP contribution < -0.4 is 11.1 Å². The highest BCUT2D eigenvalue weighted by atomic mass is 79.9. The maximum Gasteiger partial charge on any atom is 0.0992 e. The van der Waals surface area contributed by atoms with Gasteiger partial charge in [-0.2, -0.15) is 5.26 Å². The molecule has 0 amide bonds. The minimum Gasteiger partial charge on any atom is -0.397 e. The Bertz CT molecular complexity index is 557. The lowest BCUT2D eigenvalue weighted by molar-refractivity contribution is 1.48. The molecule has 1 aromatic heterocycles. The van der Waals surface area contributed by atoms with Gasteiger partial charge < -0.3 is 11.1 Å². The maximum atomic E-state index is 8.72. The van der Waals surface area contributed by atoms with Gasteiger partial charge in [-0.15, -0.1) is 11.3 Å². The number of anilines is 3. The lowest BCUT2D eigenvalue weighted by atomic mass is 10.2. The molecule has 0 bridgehead atoms. The molecule has 1 heterocycles. The van der Waals surface area contributed by atoms with Crippen LogP contribution in [0.3, 0.4) is 0 Å². The number of hydrogen-bond acceptors (Lipinski definition) is 4. The van der Waals surface area contributed by atoms with Crippen molar-refractivity contribution in [3.8, 4) is 6.07 Å². The minimum atomic E-state index is 0.565. The standard InChI is InChI=1S/C11H8BrN3S/c12-8-4-11(16-6-8)15-10-2-1-7(5-13)3-9(10)14/h1-4,6,15H,14H2. The van der Waals surface area contributed by atoms with E-state index in [9.17, 15) is 0 Å². The number of halogens is 1. The molecule has 3 nitrogen and oxygen atoms in total. The molecule has 3 N–H and O–H groups in total. The number of rotatable bonds is 2. The molecule has 1 aromatic carbocycles. The molecule has 0 aliphatic rings. The first-order valence-corrected chi connectivity index (χ1v) is 6.17. The Kier molecular flexibility index (Phi) is 3.13. The third kappa shape index (κ3) is 2.35. The molecule has 80 valence electrons. The average molecular weight is 294 g/mol. The Morgan fingerprint density at radius 1 is 1.38 bits per heavy atom. The number of nitrogens with one attached hydrogen (secondary N) is 1. The van der Waals surface area contributed by atoms with E-state index in [-0.39, 0.29) is 0 Å². The molecule has 0 saturated carbocycles. The van der Waals surface area contributed by atoms with Crippen molar-refractivity contribution in [2.45, 2.75) is 0 Å². The van der Waals surface area contributed by atoms with Gasteiger partial charge in [0.25, 0.3) is 0 Å². The van der Waals surface area contributed by atoms with Crippen LogP contribution in [0.4, 0.5) is 16.4 Å². The van der Waals surface area contributed by atoms with Crippen LogP contribution in [0.5, 0.6) is 0 Å². The molecule has 0 unspecified atom stereocenters. The summed E-state index contributed by atoms with van der Waals surface area (Å²) in [5, 5.41) is 14.9. The molecule has 0 spiro atoms. The second-order valence-electron chi connectivity index (χ2n) is 3.17. The molecule has 0 fully saturated rings. The largest absolute Gasteiger partial charge is 0.397 e. The van der Waals surface area contributed by atoms with E-state index >= 15 is 0 Å². The van der Waals surface area contributed by atoms with Crippen molar-refractivity contribution < 1.29 is 0 Å². The monoisotopic (exact) mass is 293 g/mol. The first-order valence-electron chi connectivity index (χ1n) is 4.50. The Morgan fingerprint density at radius 2 is 2.19 bits per heavy atom. The number of thiophene rings is 1. The van der Waals surface area contributed by atoms with E-state index in [1.165, 1.54) is 0 Å². The summed E-state index contributed by atoms with van der Waals surface area (Å²) in [6.07, 6.45) is 0. The van der Waals surface area contributed by atoms with Gasteiger partial charge in [-0.1, -0.05) is 0 Å². The van der Waals surface area contributed by atoms with Crippen LogP contribution in [0.15, 0.2) is 34.1 Å². The summed E-state index contributed by atoms with van der Waals surface area (Å²) in [5.74, 6) is 0. The predicted octanol–water partition coefficient (Wildman–Crippen LogP) is 3.71. The molecule has 0 aliphatic carbocycles. The van der Waals surface area contributed by atoms with Crippen LogP contribution in [0.25, 0.3) is 0 Å². The van der Waals surface area contributed by atoms with Gasteiger partial charge in [0.1, 0.15) is 0 Å². The lowest BCUT2D eigenvalue weighted by Gasteiger charge is -2.06. The summed E-state index contributed by atoms with van der Waals surface area (Å²) < 4.78 is 1.03. The van der Waals surface area contributed by atoms with E-state index in [4.69, 9.17) is 11.0 Å². The second kappa shape index (κ2) is 4.56. The van der Waals surface area contributed by atoms with E-state index in [2.05, 4.69) is 27.3 Å². The summed E-state index contributed by atoms with van der Waals surface area (Å²) in [6.45, 7) is 0. The highest BCUT2D eigenvalue weighted by molar-refractivity contribution is 9.10. The molecule has 0 saturated heterocycles. The highest BCUT2D eigenvalue weighted by Gasteiger charge is 2.02. The van der Waals surface area contributed by atoms with Crippen molar-refractivity contribution in [2.24, 2.45) is 0 Å². The van der Waals surface area contributed by atoms with Crippen molar-refractivity contribution in [3.05, 3.63) is 39.7 Å². The SMILES string of the molecule is N#Cc1ccc(Nc2cc(Br)cs2)c(N)c1. The third-order valence-corrected chi connectivity index (χ3v) is 3.61. The fraction of sp³-hybridized carbons (Fsp3) is 0. The summed E-state index contributed by atoms with van der Waals surface area (Å²) in [6, 6.07) is 9.23. The van der Waals surface area contributed by atoms with Gasteiger partial charge in [0.15, 0.2) is 0 Å². The molecule has 2 aromatic rings. The predicted molar refractivity (Wildman–Crippen MR) is 70.9 cm³/mol. The van der Waals surface area contributed by atoms with Crippen molar-refractivity contribution in [1.82, 2.24) is 0 Å². The van der Waals surface area contributed by atoms with Gasteiger partial charge in [0.05, 0.1) is 28.0 Å². The first-order chi connectivity index (χ1) is 7.69. The Labute approximate surface area is 106 Å². The van der Waals surface area contributed by atoms with Crippen LogP contribution in [0.2, 0.25) is 0 Å². The van der Waals surface area contributed by atoms with Crippen LogP contribution >= 0.6 is 27.3 Å². The van der Waals surface area contributed by atoms with Crippen LogP contribution in [-0.4, -0.2) is 0 Å². The van der Waals surface area contributed by atoms with Crippen molar-refractivity contribution in [1.29, 1.82) is 5.26 Å². The zero-order chi connectivity index (χ0) is 11.5. The lowest BCUT2D eigenvalue weighted by Crippen LogP contribution is -1.95. The van der Waals surface area contributed by atoms with Gasteiger partial charge in [-0.3, -0.25) is 0 Å². The van der Waals surface area contributed by atoms with E-state index in [1.54, 1.807) is 23.5 Å². The van der Waals surface area contributed by atoms with Gasteiger partial charge in [-0.25, -0.2) is 0 Å². The van der Waals surface area contributed by atoms with E-state index in [1.807, 2.05) is 17.5 Å². The molecule has 5 heteroatoms. The van der Waals surface area contributed by atoms with E-state index in [0.717, 1.165) is 15.2 Å². The second-order valence-corrected chi connectivity index (χ2v) is 4.99. The molecule has 0 aliphatic heterocycles. The fourth-order valence-electron chi connectivity index (χ4n) is 1.26. The summed E-state index contributed by atoms with van der Waals surface area (Å²) in [5.41, 5.74) is 7.78. The van der Waals surface area contributed by atoms with E-state index < -0.39 is 0 Å². The summed E-state index contributed by atoms with van der Waals surface area (Å²) in [4.78, 5) is 0. The number of nitriles is 1.